The van der Waals surface area contributed by atoms with Gasteiger partial charge in [-0.1, -0.05) is 12.1 Å². The maximum Gasteiger partial charge on any atom is 0.243 e. The molecule has 8 heteroatoms. The van der Waals surface area contributed by atoms with E-state index in [4.69, 9.17) is 4.74 Å². The Morgan fingerprint density at radius 2 is 2.00 bits per heavy atom. The summed E-state index contributed by atoms with van der Waals surface area (Å²) < 4.78 is 7.28. The molecule has 0 bridgehead atoms. The number of ether oxygens (including phenoxy) is 1. The highest BCUT2D eigenvalue weighted by atomic mass is 16.5. The number of hydrogen-bond donors (Lipinski definition) is 1. The summed E-state index contributed by atoms with van der Waals surface area (Å²) in [6.45, 7) is 3.53. The smallest absolute Gasteiger partial charge is 0.243 e. The molecule has 2 aromatic rings. The molecule has 0 spiro atoms. The van der Waals surface area contributed by atoms with Crippen molar-refractivity contribution in [3.63, 3.8) is 0 Å². The first-order chi connectivity index (χ1) is 14.1. The molecule has 1 fully saturated rings. The Kier molecular flexibility index (Phi) is 5.51. The number of carbonyl (C=O) groups is 2. The van der Waals surface area contributed by atoms with E-state index in [1.54, 1.807) is 14.0 Å². The monoisotopic (exact) mass is 397 g/mol. The maximum absolute atomic E-state index is 12.9. The third-order valence-corrected chi connectivity index (χ3v) is 5.95. The lowest BCUT2D eigenvalue weighted by atomic mass is 9.95. The van der Waals surface area contributed by atoms with Crippen LogP contribution in [0.5, 0.6) is 5.75 Å². The first kappa shape index (κ1) is 19.4. The fourth-order valence-electron chi connectivity index (χ4n) is 4.31. The van der Waals surface area contributed by atoms with Gasteiger partial charge >= 0.3 is 0 Å². The Hall–Kier alpha value is -2.90. The average Bonchev–Trinajstić information content (AvgIpc) is 3.34. The van der Waals surface area contributed by atoms with Gasteiger partial charge in [-0.05, 0) is 37.0 Å². The maximum atomic E-state index is 12.9. The van der Waals surface area contributed by atoms with Gasteiger partial charge in [0.05, 0.1) is 7.11 Å². The van der Waals surface area contributed by atoms with Gasteiger partial charge in [-0.3, -0.25) is 9.59 Å². The average molecular weight is 397 g/mol. The second kappa shape index (κ2) is 8.23. The third-order valence-electron chi connectivity index (χ3n) is 5.95. The minimum Gasteiger partial charge on any atom is -0.497 e. The van der Waals surface area contributed by atoms with Crippen LogP contribution in [-0.4, -0.2) is 51.7 Å². The third kappa shape index (κ3) is 3.97. The van der Waals surface area contributed by atoms with Crippen molar-refractivity contribution in [1.29, 1.82) is 0 Å². The van der Waals surface area contributed by atoms with E-state index in [-0.39, 0.29) is 23.8 Å². The molecule has 1 N–H and O–H groups in total. The number of carbonyl (C=O) groups excluding carboxylic acids is 2. The molecular weight excluding hydrogens is 370 g/mol. The first-order valence-electron chi connectivity index (χ1n) is 10.2. The number of nitrogens with zero attached hydrogens (tertiary/aromatic N) is 4. The van der Waals surface area contributed by atoms with Gasteiger partial charge in [0.15, 0.2) is 0 Å². The molecule has 0 aliphatic carbocycles. The fourth-order valence-corrected chi connectivity index (χ4v) is 4.31. The summed E-state index contributed by atoms with van der Waals surface area (Å²) in [6, 6.07) is 7.42. The summed E-state index contributed by atoms with van der Waals surface area (Å²) in [4.78, 5) is 26.4. The number of hydrogen-bond acceptors (Lipinski definition) is 5. The van der Waals surface area contributed by atoms with Gasteiger partial charge in [-0.15, -0.1) is 10.2 Å². The van der Waals surface area contributed by atoms with Gasteiger partial charge in [0, 0.05) is 38.9 Å². The van der Waals surface area contributed by atoms with Crippen LogP contribution in [0.1, 0.15) is 55.4 Å². The summed E-state index contributed by atoms with van der Waals surface area (Å²) in [5, 5.41) is 11.8. The molecule has 154 valence electrons. The van der Waals surface area contributed by atoms with Crippen LogP contribution in [-0.2, 0) is 22.6 Å². The lowest BCUT2D eigenvalue weighted by Crippen LogP contribution is -2.37. The Morgan fingerprint density at radius 3 is 2.72 bits per heavy atom. The number of nitrogens with one attached hydrogen (secondary N) is 1. The zero-order valence-electron chi connectivity index (χ0n) is 16.9. The molecule has 0 radical (unpaired) electrons. The Balaban J connectivity index is 1.43. The van der Waals surface area contributed by atoms with E-state index in [1.165, 1.54) is 0 Å². The number of aromatic nitrogens is 3. The van der Waals surface area contributed by atoms with Crippen LogP contribution in [0.3, 0.4) is 0 Å². The normalized spacial score (nSPS) is 19.1. The van der Waals surface area contributed by atoms with Crippen molar-refractivity contribution in [2.75, 3.05) is 20.2 Å². The second-order valence-corrected chi connectivity index (χ2v) is 7.75. The molecule has 1 saturated heterocycles. The SMILES string of the molecule is COc1cccc(CNC(=O)C2CCc3nnc(C4CCN(C(C)=O)CC4)n32)c1. The van der Waals surface area contributed by atoms with Crippen molar-refractivity contribution in [2.24, 2.45) is 0 Å². The number of aryl methyl sites for hydroxylation is 1. The number of methoxy groups -OCH3 is 1. The van der Waals surface area contributed by atoms with Gasteiger partial charge in [-0.2, -0.15) is 0 Å². The summed E-state index contributed by atoms with van der Waals surface area (Å²) in [5.41, 5.74) is 0.997. The van der Waals surface area contributed by atoms with Gasteiger partial charge in [-0.25, -0.2) is 0 Å². The number of amides is 2. The summed E-state index contributed by atoms with van der Waals surface area (Å²) in [5.74, 6) is 2.90. The van der Waals surface area contributed by atoms with Crippen molar-refractivity contribution in [2.45, 2.75) is 51.1 Å². The predicted molar refractivity (Wildman–Crippen MR) is 106 cm³/mol. The molecule has 2 aliphatic heterocycles. The van der Waals surface area contributed by atoms with Crippen molar-refractivity contribution in [3.05, 3.63) is 41.5 Å². The van der Waals surface area contributed by atoms with E-state index in [0.717, 1.165) is 61.7 Å². The van der Waals surface area contributed by atoms with E-state index < -0.39 is 0 Å². The van der Waals surface area contributed by atoms with Gasteiger partial charge in [0.25, 0.3) is 0 Å². The highest BCUT2D eigenvalue weighted by Crippen LogP contribution is 2.34. The Morgan fingerprint density at radius 1 is 1.21 bits per heavy atom. The molecule has 2 amide bonds. The number of rotatable bonds is 5. The number of benzene rings is 1. The van der Waals surface area contributed by atoms with Crippen LogP contribution in [0, 0.1) is 0 Å². The van der Waals surface area contributed by atoms with Crippen molar-refractivity contribution < 1.29 is 14.3 Å². The van der Waals surface area contributed by atoms with Crippen LogP contribution >= 0.6 is 0 Å². The highest BCUT2D eigenvalue weighted by Gasteiger charge is 2.35. The summed E-state index contributed by atoms with van der Waals surface area (Å²) >= 11 is 0. The zero-order chi connectivity index (χ0) is 20.4. The van der Waals surface area contributed by atoms with E-state index in [9.17, 15) is 9.59 Å². The molecule has 29 heavy (non-hydrogen) atoms. The first-order valence-corrected chi connectivity index (χ1v) is 10.2. The molecule has 1 aromatic heterocycles. The second-order valence-electron chi connectivity index (χ2n) is 7.75. The lowest BCUT2D eigenvalue weighted by molar-refractivity contribution is -0.129. The topological polar surface area (TPSA) is 89.3 Å². The number of fused-ring (bicyclic) bond motifs is 1. The van der Waals surface area contributed by atoms with Crippen molar-refractivity contribution in [3.8, 4) is 5.75 Å². The van der Waals surface area contributed by atoms with Crippen LogP contribution in [0.25, 0.3) is 0 Å². The van der Waals surface area contributed by atoms with Gasteiger partial charge in [0.1, 0.15) is 23.4 Å². The van der Waals surface area contributed by atoms with Crippen molar-refractivity contribution in [1.82, 2.24) is 25.0 Å². The fraction of sp³-hybridized carbons (Fsp3) is 0.524. The van der Waals surface area contributed by atoms with Gasteiger partial charge < -0.3 is 19.5 Å². The van der Waals surface area contributed by atoms with Crippen LogP contribution in [0.15, 0.2) is 24.3 Å². The van der Waals surface area contributed by atoms with E-state index >= 15 is 0 Å². The zero-order valence-corrected chi connectivity index (χ0v) is 16.9. The summed E-state index contributed by atoms with van der Waals surface area (Å²) in [7, 11) is 1.63. The molecule has 0 saturated carbocycles. The van der Waals surface area contributed by atoms with Crippen LogP contribution < -0.4 is 10.1 Å². The number of likely N-dealkylation sites (tertiary alicyclic amines) is 1. The molecule has 1 atom stereocenters. The molecular formula is C21H27N5O3. The molecule has 2 aliphatic rings. The Bertz CT molecular complexity index is 901. The minimum absolute atomic E-state index is 0.00575. The van der Waals surface area contributed by atoms with E-state index in [1.807, 2.05) is 33.7 Å². The van der Waals surface area contributed by atoms with Gasteiger partial charge in [0.2, 0.25) is 11.8 Å². The Labute approximate surface area is 170 Å². The molecule has 3 heterocycles. The molecule has 1 unspecified atom stereocenters. The lowest BCUT2D eigenvalue weighted by Gasteiger charge is -2.31. The van der Waals surface area contributed by atoms with E-state index in [0.29, 0.717) is 6.54 Å². The minimum atomic E-state index is -0.272. The largest absolute Gasteiger partial charge is 0.497 e. The predicted octanol–water partition coefficient (Wildman–Crippen LogP) is 1.82. The standard InChI is InChI=1S/C21H27N5O3/c1-14(27)25-10-8-16(9-11-25)20-24-23-19-7-6-18(26(19)20)21(28)22-13-15-4-3-5-17(12-15)29-2/h3-5,12,16,18H,6-11,13H2,1-2H3,(H,22,28). The van der Waals surface area contributed by atoms with Crippen LogP contribution in [0.4, 0.5) is 0 Å². The molecule has 1 aromatic carbocycles. The molecule has 8 nitrogen and oxygen atoms in total. The quantitative estimate of drug-likeness (QED) is 0.831. The van der Waals surface area contributed by atoms with Crippen molar-refractivity contribution >= 4 is 11.8 Å². The highest BCUT2D eigenvalue weighted by molar-refractivity contribution is 5.81. The number of piperidine rings is 1. The molecule has 4 rings (SSSR count). The summed E-state index contributed by atoms with van der Waals surface area (Å²) in [6.07, 6.45) is 3.22. The van der Waals surface area contributed by atoms with Crippen LogP contribution in [0.2, 0.25) is 0 Å². The van der Waals surface area contributed by atoms with E-state index in [2.05, 4.69) is 15.5 Å².